The van der Waals surface area contributed by atoms with Gasteiger partial charge in [-0.2, -0.15) is 0 Å². The quantitative estimate of drug-likeness (QED) is 0.706. The first-order valence-electron chi connectivity index (χ1n) is 8.00. The number of nitrogens with two attached hydrogens (primary N) is 1. The van der Waals surface area contributed by atoms with Crippen LogP contribution in [-0.4, -0.2) is 55.2 Å². The van der Waals surface area contributed by atoms with Crippen molar-refractivity contribution in [2.45, 2.75) is 32.2 Å². The molecule has 1 fully saturated rings. The molecule has 0 saturated carbocycles. The van der Waals surface area contributed by atoms with Crippen molar-refractivity contribution in [2.24, 2.45) is 5.73 Å². The second-order valence-electron chi connectivity index (χ2n) is 5.53. The second-order valence-corrected chi connectivity index (χ2v) is 6.42. The van der Waals surface area contributed by atoms with Gasteiger partial charge in [-0.1, -0.05) is 13.3 Å². The summed E-state index contributed by atoms with van der Waals surface area (Å²) in [5.41, 5.74) is 6.51. The number of hydrogen-bond donors (Lipinski definition) is 2. The Balaban J connectivity index is 1.68. The first kappa shape index (κ1) is 17.3. The monoisotopic (exact) mass is 326 g/mol. The topological polar surface area (TPSA) is 80.5 Å². The van der Waals surface area contributed by atoms with Crippen molar-refractivity contribution < 1.29 is 9.53 Å². The van der Waals surface area contributed by atoms with Crippen LogP contribution in [0.25, 0.3) is 0 Å². The van der Waals surface area contributed by atoms with Gasteiger partial charge in [0.05, 0.1) is 19.3 Å². The van der Waals surface area contributed by atoms with Crippen molar-refractivity contribution in [3.8, 4) is 0 Å². The van der Waals surface area contributed by atoms with E-state index < -0.39 is 0 Å². The number of rotatable bonds is 8. The van der Waals surface area contributed by atoms with Crippen LogP contribution in [0.5, 0.6) is 0 Å². The highest BCUT2D eigenvalue weighted by Gasteiger charge is 2.15. The Labute approximate surface area is 136 Å². The SMILES string of the molecule is CCCC(N)c1nc(C(=O)NCCCN2CCOCC2)cs1. The Morgan fingerprint density at radius 1 is 1.55 bits per heavy atom. The number of amides is 1. The van der Waals surface area contributed by atoms with Crippen LogP contribution in [-0.2, 0) is 4.74 Å². The summed E-state index contributed by atoms with van der Waals surface area (Å²) in [6, 6.07) is -0.0575. The number of morpholine rings is 1. The van der Waals surface area contributed by atoms with Gasteiger partial charge in [0.25, 0.3) is 5.91 Å². The van der Waals surface area contributed by atoms with Crippen LogP contribution in [0, 0.1) is 0 Å². The van der Waals surface area contributed by atoms with Crippen LogP contribution in [0.3, 0.4) is 0 Å². The van der Waals surface area contributed by atoms with E-state index in [-0.39, 0.29) is 11.9 Å². The lowest BCUT2D eigenvalue weighted by molar-refractivity contribution is 0.0374. The van der Waals surface area contributed by atoms with E-state index in [0.717, 1.165) is 57.1 Å². The molecule has 0 aromatic carbocycles. The highest BCUT2D eigenvalue weighted by atomic mass is 32.1. The summed E-state index contributed by atoms with van der Waals surface area (Å²) in [5.74, 6) is -0.104. The van der Waals surface area contributed by atoms with Gasteiger partial charge >= 0.3 is 0 Å². The number of carbonyl (C=O) groups is 1. The molecule has 1 aliphatic rings. The number of hydrogen-bond acceptors (Lipinski definition) is 6. The Kier molecular flexibility index (Phi) is 7.24. The third-order valence-electron chi connectivity index (χ3n) is 3.71. The van der Waals surface area contributed by atoms with Crippen LogP contribution >= 0.6 is 11.3 Å². The van der Waals surface area contributed by atoms with Gasteiger partial charge in [-0.05, 0) is 19.4 Å². The predicted octanol–water partition coefficient (Wildman–Crippen LogP) is 1.40. The molecular weight excluding hydrogens is 300 g/mol. The summed E-state index contributed by atoms with van der Waals surface area (Å²) < 4.78 is 5.31. The van der Waals surface area contributed by atoms with Crippen molar-refractivity contribution in [1.82, 2.24) is 15.2 Å². The standard InChI is InChI=1S/C15H26N4O2S/c1-2-4-12(16)15-18-13(11-22-15)14(20)17-5-3-6-19-7-9-21-10-8-19/h11-12H,2-10,16H2,1H3,(H,17,20). The van der Waals surface area contributed by atoms with Crippen molar-refractivity contribution in [1.29, 1.82) is 0 Å². The first-order valence-corrected chi connectivity index (χ1v) is 8.88. The van der Waals surface area contributed by atoms with Crippen molar-refractivity contribution >= 4 is 17.2 Å². The van der Waals surface area contributed by atoms with Crippen LogP contribution in [0.1, 0.15) is 47.7 Å². The molecule has 1 atom stereocenters. The predicted molar refractivity (Wildman–Crippen MR) is 88.2 cm³/mol. The van der Waals surface area contributed by atoms with Gasteiger partial charge < -0.3 is 15.8 Å². The molecule has 0 bridgehead atoms. The van der Waals surface area contributed by atoms with Crippen molar-refractivity contribution in [3.05, 3.63) is 16.1 Å². The molecule has 0 spiro atoms. The summed E-state index contributed by atoms with van der Waals surface area (Å²) in [6.07, 6.45) is 2.86. The van der Waals surface area contributed by atoms with Crippen LogP contribution in [0.15, 0.2) is 5.38 Å². The average molecular weight is 326 g/mol. The van der Waals surface area contributed by atoms with Gasteiger partial charge in [0, 0.05) is 25.0 Å². The minimum absolute atomic E-state index is 0.0575. The molecular formula is C15H26N4O2S. The van der Waals surface area contributed by atoms with Gasteiger partial charge in [-0.3, -0.25) is 9.69 Å². The minimum atomic E-state index is -0.104. The molecule has 1 amide bonds. The number of nitrogens with one attached hydrogen (secondary N) is 1. The van der Waals surface area contributed by atoms with Crippen molar-refractivity contribution in [3.63, 3.8) is 0 Å². The number of nitrogens with zero attached hydrogens (tertiary/aromatic N) is 2. The van der Waals surface area contributed by atoms with E-state index in [4.69, 9.17) is 10.5 Å². The first-order chi connectivity index (χ1) is 10.7. The van der Waals surface area contributed by atoms with Gasteiger partial charge in [0.1, 0.15) is 10.7 Å². The fourth-order valence-electron chi connectivity index (χ4n) is 2.42. The number of ether oxygens (including phenoxy) is 1. The van der Waals surface area contributed by atoms with E-state index in [0.29, 0.717) is 12.2 Å². The molecule has 1 aromatic rings. The summed E-state index contributed by atoms with van der Waals surface area (Å²) in [7, 11) is 0. The van der Waals surface area contributed by atoms with E-state index >= 15 is 0 Å². The van der Waals surface area contributed by atoms with Crippen LogP contribution < -0.4 is 11.1 Å². The molecule has 6 nitrogen and oxygen atoms in total. The zero-order valence-electron chi connectivity index (χ0n) is 13.2. The van der Waals surface area contributed by atoms with E-state index in [1.165, 1.54) is 11.3 Å². The van der Waals surface area contributed by atoms with Gasteiger partial charge in [0.15, 0.2) is 0 Å². The molecule has 124 valence electrons. The Morgan fingerprint density at radius 2 is 2.32 bits per heavy atom. The maximum Gasteiger partial charge on any atom is 0.270 e. The molecule has 1 aromatic heterocycles. The summed E-state index contributed by atoms with van der Waals surface area (Å²) in [4.78, 5) is 18.8. The number of thiazole rings is 1. The van der Waals surface area contributed by atoms with E-state index in [1.807, 2.05) is 0 Å². The van der Waals surface area contributed by atoms with Crippen LogP contribution in [0.4, 0.5) is 0 Å². The lowest BCUT2D eigenvalue weighted by atomic mass is 10.2. The zero-order chi connectivity index (χ0) is 15.8. The number of aromatic nitrogens is 1. The summed E-state index contributed by atoms with van der Waals surface area (Å²) in [6.45, 7) is 7.35. The van der Waals surface area contributed by atoms with Crippen molar-refractivity contribution in [2.75, 3.05) is 39.4 Å². The zero-order valence-corrected chi connectivity index (χ0v) is 14.0. The minimum Gasteiger partial charge on any atom is -0.379 e. The van der Waals surface area contributed by atoms with E-state index in [2.05, 4.69) is 22.1 Å². The highest BCUT2D eigenvalue weighted by molar-refractivity contribution is 7.09. The van der Waals surface area contributed by atoms with Crippen LogP contribution in [0.2, 0.25) is 0 Å². The largest absolute Gasteiger partial charge is 0.379 e. The normalized spacial score (nSPS) is 17.4. The molecule has 1 aliphatic heterocycles. The smallest absolute Gasteiger partial charge is 0.270 e. The Morgan fingerprint density at radius 3 is 3.05 bits per heavy atom. The fraction of sp³-hybridized carbons (Fsp3) is 0.733. The Hall–Kier alpha value is -1.02. The fourth-order valence-corrected chi connectivity index (χ4v) is 3.25. The molecule has 3 N–H and O–H groups in total. The van der Waals surface area contributed by atoms with E-state index in [9.17, 15) is 4.79 Å². The molecule has 22 heavy (non-hydrogen) atoms. The molecule has 2 heterocycles. The Bertz CT molecular complexity index is 460. The number of carbonyl (C=O) groups excluding carboxylic acids is 1. The molecule has 7 heteroatoms. The maximum atomic E-state index is 12.0. The van der Waals surface area contributed by atoms with Gasteiger partial charge in [-0.25, -0.2) is 4.98 Å². The summed E-state index contributed by atoms with van der Waals surface area (Å²) in [5, 5.41) is 5.57. The third-order valence-corrected chi connectivity index (χ3v) is 4.69. The lowest BCUT2D eigenvalue weighted by Crippen LogP contribution is -2.38. The second kappa shape index (κ2) is 9.19. The molecule has 0 radical (unpaired) electrons. The van der Waals surface area contributed by atoms with Gasteiger partial charge in [-0.15, -0.1) is 11.3 Å². The summed E-state index contributed by atoms with van der Waals surface area (Å²) >= 11 is 1.47. The maximum absolute atomic E-state index is 12.0. The molecule has 0 aliphatic carbocycles. The molecule has 1 saturated heterocycles. The van der Waals surface area contributed by atoms with E-state index in [1.54, 1.807) is 5.38 Å². The highest BCUT2D eigenvalue weighted by Crippen LogP contribution is 2.20. The van der Waals surface area contributed by atoms with Gasteiger partial charge in [0.2, 0.25) is 0 Å². The lowest BCUT2D eigenvalue weighted by Gasteiger charge is -2.26. The average Bonchev–Trinajstić information content (AvgIpc) is 3.03. The third kappa shape index (κ3) is 5.31. The molecule has 1 unspecified atom stereocenters. The molecule has 2 rings (SSSR count).